The van der Waals surface area contributed by atoms with Gasteiger partial charge in [0.15, 0.2) is 15.9 Å². The van der Waals surface area contributed by atoms with E-state index in [1.165, 1.54) is 30.6 Å². The Labute approximate surface area is 190 Å². The summed E-state index contributed by atoms with van der Waals surface area (Å²) in [6.45, 7) is 2.11. The predicted molar refractivity (Wildman–Crippen MR) is 113 cm³/mol. The van der Waals surface area contributed by atoms with Crippen molar-refractivity contribution in [3.05, 3.63) is 41.2 Å². The summed E-state index contributed by atoms with van der Waals surface area (Å²) in [6, 6.07) is 3.31. The highest BCUT2D eigenvalue weighted by Crippen LogP contribution is 2.32. The lowest BCUT2D eigenvalue weighted by molar-refractivity contribution is -0.189. The second-order valence-corrected chi connectivity index (χ2v) is 10.9. The molecule has 1 aliphatic carbocycles. The van der Waals surface area contributed by atoms with Crippen LogP contribution in [0.15, 0.2) is 29.3 Å². The number of alkyl halides is 3. The molecule has 7 nitrogen and oxygen atoms in total. The van der Waals surface area contributed by atoms with E-state index in [-0.39, 0.29) is 29.3 Å². The highest BCUT2D eigenvalue weighted by atomic mass is 32.2. The van der Waals surface area contributed by atoms with Crippen molar-refractivity contribution in [2.45, 2.75) is 69.4 Å². The van der Waals surface area contributed by atoms with Crippen molar-refractivity contribution in [1.29, 1.82) is 0 Å². The van der Waals surface area contributed by atoms with Crippen molar-refractivity contribution in [3.8, 4) is 5.75 Å². The average Bonchev–Trinajstić information content (AvgIpc) is 3.43. The quantitative estimate of drug-likeness (QED) is 0.619. The van der Waals surface area contributed by atoms with Crippen LogP contribution in [0.3, 0.4) is 0 Å². The Balaban J connectivity index is 1.56. The molecule has 1 atom stereocenters. The molecule has 0 spiro atoms. The molecule has 1 aliphatic heterocycles. The number of hydrogen-bond donors (Lipinski definition) is 0. The Bertz CT molecular complexity index is 1130. The van der Waals surface area contributed by atoms with Gasteiger partial charge in [-0.1, -0.05) is 12.8 Å². The largest absolute Gasteiger partial charge is 0.480 e. The first-order valence-corrected chi connectivity index (χ1v) is 12.7. The molecule has 33 heavy (non-hydrogen) atoms. The van der Waals surface area contributed by atoms with E-state index in [2.05, 4.69) is 5.10 Å². The van der Waals surface area contributed by atoms with Crippen LogP contribution in [0.2, 0.25) is 0 Å². The summed E-state index contributed by atoms with van der Waals surface area (Å²) in [5.41, 5.74) is 1.40. The zero-order chi connectivity index (χ0) is 24.0. The Kier molecular flexibility index (Phi) is 6.19. The molecule has 1 amide bonds. The third-order valence-electron chi connectivity index (χ3n) is 6.21. The Morgan fingerprint density at radius 1 is 1.24 bits per heavy atom. The number of rotatable bonds is 6. The van der Waals surface area contributed by atoms with Crippen LogP contribution in [0.1, 0.15) is 54.2 Å². The molecule has 0 unspecified atom stereocenters. The van der Waals surface area contributed by atoms with E-state index in [0.29, 0.717) is 5.92 Å². The monoisotopic (exact) mass is 485 g/mol. The zero-order valence-electron chi connectivity index (χ0n) is 18.4. The number of amides is 1. The van der Waals surface area contributed by atoms with Crippen molar-refractivity contribution in [2.24, 2.45) is 5.92 Å². The van der Waals surface area contributed by atoms with E-state index in [4.69, 9.17) is 4.74 Å². The number of halogens is 3. The van der Waals surface area contributed by atoms with Crippen LogP contribution in [0.4, 0.5) is 13.2 Å². The third kappa shape index (κ3) is 5.18. The fraction of sp³-hybridized carbons (Fsp3) is 0.545. The number of sulfone groups is 1. The summed E-state index contributed by atoms with van der Waals surface area (Å²) >= 11 is 0. The number of ether oxygens (including phenoxy) is 1. The van der Waals surface area contributed by atoms with Crippen molar-refractivity contribution in [1.82, 2.24) is 14.7 Å². The number of benzene rings is 1. The maximum Gasteiger partial charge on any atom is 0.425 e. The molecule has 1 saturated carbocycles. The van der Waals surface area contributed by atoms with Gasteiger partial charge in [0.2, 0.25) is 0 Å². The van der Waals surface area contributed by atoms with Crippen LogP contribution in [-0.4, -0.2) is 47.5 Å². The minimum atomic E-state index is -4.64. The van der Waals surface area contributed by atoms with Gasteiger partial charge in [-0.3, -0.25) is 9.48 Å². The molecule has 2 aromatic rings. The number of fused-ring (bicyclic) bond motifs is 1. The summed E-state index contributed by atoms with van der Waals surface area (Å²) in [5, 5.41) is 4.59. The van der Waals surface area contributed by atoms with Gasteiger partial charge >= 0.3 is 6.18 Å². The Morgan fingerprint density at radius 2 is 1.94 bits per heavy atom. The first-order valence-electron chi connectivity index (χ1n) is 10.8. The van der Waals surface area contributed by atoms with E-state index in [9.17, 15) is 26.4 Å². The molecule has 180 valence electrons. The maximum atomic E-state index is 13.2. The first-order chi connectivity index (χ1) is 15.4. The van der Waals surface area contributed by atoms with Crippen molar-refractivity contribution in [2.75, 3.05) is 6.26 Å². The number of carbonyl (C=O) groups excluding carboxylic acids is 1. The molecule has 2 heterocycles. The molecule has 0 saturated heterocycles. The van der Waals surface area contributed by atoms with Crippen LogP contribution >= 0.6 is 0 Å². The second-order valence-electron chi connectivity index (χ2n) is 8.87. The predicted octanol–water partition coefficient (Wildman–Crippen LogP) is 3.96. The molecule has 11 heteroatoms. The van der Waals surface area contributed by atoms with Crippen LogP contribution in [0.5, 0.6) is 5.75 Å². The summed E-state index contributed by atoms with van der Waals surface area (Å²) in [5.74, 6) is -0.310. The van der Waals surface area contributed by atoms with Gasteiger partial charge in [0.05, 0.1) is 22.7 Å². The first kappa shape index (κ1) is 23.6. The van der Waals surface area contributed by atoms with Crippen LogP contribution in [0.25, 0.3) is 0 Å². The van der Waals surface area contributed by atoms with Crippen LogP contribution < -0.4 is 4.74 Å². The smallest absolute Gasteiger partial charge is 0.425 e. The van der Waals surface area contributed by atoms with Crippen LogP contribution in [-0.2, 0) is 29.5 Å². The minimum absolute atomic E-state index is 0.170. The number of carbonyl (C=O) groups is 1. The van der Waals surface area contributed by atoms with Gasteiger partial charge in [0, 0.05) is 31.1 Å². The number of aromatic nitrogens is 2. The van der Waals surface area contributed by atoms with Gasteiger partial charge in [0.25, 0.3) is 5.91 Å². The minimum Gasteiger partial charge on any atom is -0.480 e. The Morgan fingerprint density at radius 3 is 2.55 bits per heavy atom. The Hall–Kier alpha value is -2.56. The number of nitrogens with zero attached hydrogens (tertiary/aromatic N) is 3. The molecule has 1 aromatic heterocycles. The lowest BCUT2D eigenvalue weighted by Gasteiger charge is -2.22. The van der Waals surface area contributed by atoms with Gasteiger partial charge in [0.1, 0.15) is 5.75 Å². The molecule has 0 radical (unpaired) electrons. The van der Waals surface area contributed by atoms with E-state index >= 15 is 0 Å². The van der Waals surface area contributed by atoms with E-state index in [1.54, 1.807) is 0 Å². The molecule has 1 aromatic carbocycles. The fourth-order valence-electron chi connectivity index (χ4n) is 4.34. The third-order valence-corrected chi connectivity index (χ3v) is 7.32. The molecular weight excluding hydrogens is 459 g/mol. The lowest BCUT2D eigenvalue weighted by atomic mass is 10.1. The van der Waals surface area contributed by atoms with Gasteiger partial charge in [-0.05, 0) is 43.9 Å². The molecule has 0 bridgehead atoms. The fourth-order valence-corrected chi connectivity index (χ4v) is 4.99. The number of hydrogen-bond acceptors (Lipinski definition) is 5. The van der Waals surface area contributed by atoms with Gasteiger partial charge in [-0.15, -0.1) is 0 Å². The van der Waals surface area contributed by atoms with E-state index in [1.807, 2.05) is 10.9 Å². The topological polar surface area (TPSA) is 81.5 Å². The van der Waals surface area contributed by atoms with Crippen molar-refractivity contribution in [3.63, 3.8) is 0 Å². The second kappa shape index (κ2) is 8.66. The standard InChI is InChI=1S/C22H26F3N3O4S/c1-14(22(23,24)25)32-20-8-7-17(33(2,30)31)9-18(20)21(29)27-11-16-12-28(26-19(16)13-27)10-15-5-3-4-6-15/h7-9,12,14-15H,3-6,10-11,13H2,1-2H3/t14-/m0/s1. The van der Waals surface area contributed by atoms with E-state index < -0.39 is 28.0 Å². The summed E-state index contributed by atoms with van der Waals surface area (Å²) < 4.78 is 70.0. The molecule has 0 N–H and O–H groups in total. The highest BCUT2D eigenvalue weighted by Gasteiger charge is 2.39. The maximum absolute atomic E-state index is 13.2. The lowest BCUT2D eigenvalue weighted by Crippen LogP contribution is -2.33. The van der Waals surface area contributed by atoms with Crippen LogP contribution in [0, 0.1) is 5.92 Å². The van der Waals surface area contributed by atoms with E-state index in [0.717, 1.165) is 49.2 Å². The molecule has 1 fully saturated rings. The summed E-state index contributed by atoms with van der Waals surface area (Å²) in [4.78, 5) is 14.5. The normalized spacial score (nSPS) is 17.9. The molecule has 2 aliphatic rings. The summed E-state index contributed by atoms with van der Waals surface area (Å²) in [6.07, 6.45) is 0.918. The van der Waals surface area contributed by atoms with Gasteiger partial charge < -0.3 is 9.64 Å². The SMILES string of the molecule is C[C@H](Oc1ccc(S(C)(=O)=O)cc1C(=O)N1Cc2cn(CC3CCCC3)nc2C1)C(F)(F)F. The zero-order valence-corrected chi connectivity index (χ0v) is 19.2. The van der Waals surface area contributed by atoms with Crippen molar-refractivity contribution < 1.29 is 31.1 Å². The highest BCUT2D eigenvalue weighted by molar-refractivity contribution is 7.90. The average molecular weight is 486 g/mol. The summed E-state index contributed by atoms with van der Waals surface area (Å²) in [7, 11) is -3.68. The molecule has 4 rings (SSSR count). The molecular formula is C22H26F3N3O4S. The van der Waals surface area contributed by atoms with Gasteiger partial charge in [-0.25, -0.2) is 8.42 Å². The van der Waals surface area contributed by atoms with Crippen molar-refractivity contribution >= 4 is 15.7 Å². The van der Waals surface area contributed by atoms with Gasteiger partial charge in [-0.2, -0.15) is 18.3 Å².